The molecule has 4 rings (SSSR count). The first kappa shape index (κ1) is 36.6. The highest BCUT2D eigenvalue weighted by molar-refractivity contribution is 6.04. The molecule has 15 atom stereocenters. The van der Waals surface area contributed by atoms with Gasteiger partial charge in [0.15, 0.2) is 41.6 Å². The second kappa shape index (κ2) is 14.1. The largest absolute Gasteiger partial charge is 0.399 e. The average molecular weight is 663 g/mol. The Morgan fingerprint density at radius 2 is 1.37 bits per heavy atom. The van der Waals surface area contributed by atoms with Crippen LogP contribution < -0.4 is 22.9 Å². The lowest BCUT2D eigenvalue weighted by molar-refractivity contribution is -0.359. The summed E-state index contributed by atoms with van der Waals surface area (Å²) in [5.74, 6) is -2.20. The molecule has 19 nitrogen and oxygen atoms in total. The van der Waals surface area contributed by atoms with Crippen molar-refractivity contribution in [3.63, 3.8) is 0 Å². The van der Waals surface area contributed by atoms with Crippen molar-refractivity contribution < 1.29 is 74.1 Å². The molecule has 3 heterocycles. The maximum absolute atomic E-state index is 13.7. The summed E-state index contributed by atoms with van der Waals surface area (Å²) in [5.41, 5.74) is 18.2. The number of benzene rings is 1. The maximum Gasteiger partial charge on any atom is 0.199 e. The van der Waals surface area contributed by atoms with E-state index in [0.717, 1.165) is 6.92 Å². The number of Topliss-reactive ketones (excluding diaryl/α,β-unsaturated/α-hetero) is 2. The third kappa shape index (κ3) is 6.19. The van der Waals surface area contributed by atoms with Crippen LogP contribution in [0.2, 0.25) is 0 Å². The molecule has 1 aromatic rings. The monoisotopic (exact) mass is 662 g/mol. The van der Waals surface area contributed by atoms with Crippen LogP contribution in [-0.2, 0) is 28.5 Å². The van der Waals surface area contributed by atoms with Crippen molar-refractivity contribution in [1.29, 1.82) is 0 Å². The van der Waals surface area contributed by atoms with Crippen molar-refractivity contribution in [3.8, 4) is 0 Å². The lowest BCUT2D eigenvalue weighted by Gasteiger charge is -2.54. The third-order valence-electron chi connectivity index (χ3n) is 8.75. The molecule has 16 N–H and O–H groups in total. The number of hydrogen-bond donors (Lipinski definition) is 12. The molecular weight excluding hydrogens is 620 g/mol. The predicted octanol–water partition coefficient (Wildman–Crippen LogP) is -6.88. The first-order valence-corrected chi connectivity index (χ1v) is 14.3. The zero-order valence-corrected chi connectivity index (χ0v) is 24.7. The number of aliphatic hydroxyl groups is 8. The average Bonchev–Trinajstić information content (AvgIpc) is 3.04. The molecule has 3 aliphatic rings. The van der Waals surface area contributed by atoms with Crippen molar-refractivity contribution in [2.75, 3.05) is 25.6 Å². The van der Waals surface area contributed by atoms with Crippen LogP contribution in [0.3, 0.4) is 0 Å². The van der Waals surface area contributed by atoms with E-state index in [0.29, 0.717) is 0 Å². The highest BCUT2D eigenvalue weighted by Crippen LogP contribution is 2.40. The Morgan fingerprint density at radius 3 is 1.89 bits per heavy atom. The molecule has 0 aliphatic carbocycles. The van der Waals surface area contributed by atoms with Gasteiger partial charge in [-0.3, -0.25) is 9.59 Å². The molecule has 0 amide bonds. The Kier molecular flexibility index (Phi) is 11.2. The SMILES string of the molecule is CC(=O)[C@@]1(O)[C@@H](N)[C@@H](OC2[C@@H](CO)O[C@@H](OC3[C@@H](CO)O[C@@H](O)[C@H](N)[C@H]3O)[C@H](N)[C@H]2O)O[C@@](CO)(C(=O)c2ccc(N)cc2)[C@H]1O. The fourth-order valence-electron chi connectivity index (χ4n) is 5.84. The number of nitrogens with two attached hydrogens (primary N) is 4. The molecule has 3 fully saturated rings. The van der Waals surface area contributed by atoms with Gasteiger partial charge in [-0.2, -0.15) is 0 Å². The Morgan fingerprint density at radius 1 is 0.848 bits per heavy atom. The predicted molar refractivity (Wildman–Crippen MR) is 151 cm³/mol. The van der Waals surface area contributed by atoms with E-state index >= 15 is 0 Å². The maximum atomic E-state index is 13.7. The summed E-state index contributed by atoms with van der Waals surface area (Å²) in [5, 5.41) is 84.5. The van der Waals surface area contributed by atoms with Crippen LogP contribution in [-0.4, -0.2) is 163 Å². The summed E-state index contributed by atoms with van der Waals surface area (Å²) in [6.07, 6.45) is -17.0. The van der Waals surface area contributed by atoms with E-state index < -0.39 is 122 Å². The van der Waals surface area contributed by atoms with Crippen LogP contribution in [0, 0.1) is 0 Å². The second-order valence-corrected chi connectivity index (χ2v) is 11.6. The molecule has 3 saturated heterocycles. The normalized spacial score (nSPS) is 44.9. The first-order chi connectivity index (χ1) is 21.6. The van der Waals surface area contributed by atoms with Gasteiger partial charge in [0.2, 0.25) is 0 Å². The molecule has 260 valence electrons. The van der Waals surface area contributed by atoms with Gasteiger partial charge in [0.05, 0.1) is 37.9 Å². The van der Waals surface area contributed by atoms with Crippen molar-refractivity contribution in [2.45, 2.75) is 97.8 Å². The summed E-state index contributed by atoms with van der Waals surface area (Å²) in [6.45, 7) is -2.01. The molecule has 3 aliphatic heterocycles. The van der Waals surface area contributed by atoms with E-state index in [1.807, 2.05) is 0 Å². The fourth-order valence-corrected chi connectivity index (χ4v) is 5.84. The van der Waals surface area contributed by atoms with Gasteiger partial charge in [-0.15, -0.1) is 0 Å². The van der Waals surface area contributed by atoms with Gasteiger partial charge in [-0.25, -0.2) is 0 Å². The Bertz CT molecular complexity index is 1230. The minimum atomic E-state index is -2.95. The van der Waals surface area contributed by atoms with Crippen LogP contribution in [0.1, 0.15) is 17.3 Å². The minimum Gasteiger partial charge on any atom is -0.399 e. The van der Waals surface area contributed by atoms with Gasteiger partial charge in [-0.05, 0) is 31.2 Å². The lowest BCUT2D eigenvalue weighted by Crippen LogP contribution is -2.79. The third-order valence-corrected chi connectivity index (χ3v) is 8.75. The van der Waals surface area contributed by atoms with Crippen LogP contribution in [0.4, 0.5) is 5.69 Å². The van der Waals surface area contributed by atoms with E-state index in [2.05, 4.69) is 0 Å². The van der Waals surface area contributed by atoms with E-state index in [1.54, 1.807) is 0 Å². The van der Waals surface area contributed by atoms with Crippen LogP contribution >= 0.6 is 0 Å². The topological polar surface area (TPSA) is 346 Å². The number of carbonyl (C=O) groups is 2. The van der Waals surface area contributed by atoms with Crippen LogP contribution in [0.25, 0.3) is 0 Å². The van der Waals surface area contributed by atoms with Crippen molar-refractivity contribution >= 4 is 17.3 Å². The summed E-state index contributed by atoms with van der Waals surface area (Å²) in [4.78, 5) is 26.4. The number of ketones is 2. The van der Waals surface area contributed by atoms with Crippen molar-refractivity contribution in [3.05, 3.63) is 29.8 Å². The van der Waals surface area contributed by atoms with E-state index in [-0.39, 0.29) is 11.3 Å². The standard InChI is InChI=1S/C27H42N4O15/c1-9(35)27(41)20(31)24(46-26(8-34,25(27)40)21(38)10-2-4-11(28)5-3-10)45-19-13(7-33)43-23(15(30)17(19)37)44-18-12(6-32)42-22(39)14(29)16(18)36/h2-5,12-20,22-25,32-34,36-37,39-41H,6-8,28-31H2,1H3/t12-,13-,14-,15-,16-,17-,18?,19?,20+,22-,23+,24+,25-,26+,27-/m1/s1. The summed E-state index contributed by atoms with van der Waals surface area (Å²) >= 11 is 0. The highest BCUT2D eigenvalue weighted by atomic mass is 16.7. The van der Waals surface area contributed by atoms with Gasteiger partial charge in [0.25, 0.3) is 0 Å². The zero-order chi connectivity index (χ0) is 34.3. The number of rotatable bonds is 10. The highest BCUT2D eigenvalue weighted by Gasteiger charge is 2.67. The number of ether oxygens (including phenoxy) is 5. The van der Waals surface area contributed by atoms with E-state index in [9.17, 15) is 50.4 Å². The van der Waals surface area contributed by atoms with Gasteiger partial charge in [0, 0.05) is 11.3 Å². The molecule has 2 unspecified atom stereocenters. The number of aliphatic hydroxyl groups excluding tert-OH is 7. The molecule has 19 heteroatoms. The lowest BCUT2D eigenvalue weighted by atomic mass is 9.71. The summed E-state index contributed by atoms with van der Waals surface area (Å²) < 4.78 is 28.1. The molecule has 0 radical (unpaired) electrons. The molecule has 0 spiro atoms. The molecule has 0 bridgehead atoms. The van der Waals surface area contributed by atoms with Crippen molar-refractivity contribution in [2.24, 2.45) is 17.2 Å². The Hall–Kier alpha value is -2.28. The number of anilines is 1. The van der Waals surface area contributed by atoms with Gasteiger partial charge in [0.1, 0.15) is 42.7 Å². The number of carbonyl (C=O) groups excluding carboxylic acids is 2. The van der Waals surface area contributed by atoms with Gasteiger partial charge in [-0.1, -0.05) is 0 Å². The van der Waals surface area contributed by atoms with Gasteiger partial charge >= 0.3 is 0 Å². The second-order valence-electron chi connectivity index (χ2n) is 11.6. The van der Waals surface area contributed by atoms with Gasteiger partial charge < -0.3 is 87.5 Å². The molecular formula is C27H42N4O15. The zero-order valence-electron chi connectivity index (χ0n) is 24.7. The smallest absolute Gasteiger partial charge is 0.199 e. The number of nitrogen functional groups attached to an aromatic ring is 1. The summed E-state index contributed by atoms with van der Waals surface area (Å²) in [7, 11) is 0. The Balaban J connectivity index is 1.63. The Labute approximate surface area is 262 Å². The molecule has 0 aromatic heterocycles. The molecule has 1 aromatic carbocycles. The van der Waals surface area contributed by atoms with E-state index in [4.69, 9.17) is 46.6 Å². The molecule has 46 heavy (non-hydrogen) atoms. The van der Waals surface area contributed by atoms with Crippen molar-refractivity contribution in [1.82, 2.24) is 0 Å². The minimum absolute atomic E-state index is 0.138. The quantitative estimate of drug-likeness (QED) is 0.0817. The van der Waals surface area contributed by atoms with Crippen LogP contribution in [0.15, 0.2) is 24.3 Å². The van der Waals surface area contributed by atoms with Crippen LogP contribution in [0.5, 0.6) is 0 Å². The molecule has 0 saturated carbocycles. The fraction of sp³-hybridized carbons (Fsp3) is 0.704. The number of hydrogen-bond acceptors (Lipinski definition) is 19. The van der Waals surface area contributed by atoms with E-state index in [1.165, 1.54) is 24.3 Å². The summed E-state index contributed by atoms with van der Waals surface area (Å²) in [6, 6.07) is 0.384. The first-order valence-electron chi connectivity index (χ1n) is 14.3.